The molecule has 0 aliphatic carbocycles. The first-order valence-electron chi connectivity index (χ1n) is 4.08. The zero-order chi connectivity index (χ0) is 10.6. The predicted molar refractivity (Wildman–Crippen MR) is 56.2 cm³/mol. The molecule has 0 aliphatic rings. The summed E-state index contributed by atoms with van der Waals surface area (Å²) in [5, 5.41) is -0.229. The highest BCUT2D eigenvalue weighted by Gasteiger charge is 2.21. The van der Waals surface area contributed by atoms with Crippen LogP contribution in [0.1, 0.15) is 6.42 Å². The van der Waals surface area contributed by atoms with E-state index in [9.17, 15) is 14.3 Å². The number of halogens is 1. The first-order valence-corrected chi connectivity index (χ1v) is 6.30. The number of carbonyl (C=O) groups excluding carboxylic acids is 1. The van der Waals surface area contributed by atoms with Gasteiger partial charge in [-0.1, -0.05) is 18.2 Å². The second-order valence-corrected chi connectivity index (χ2v) is 5.65. The standard InChI is InChI=1S/C9H10ClO3P/c10-9(11)6-7-14(12,13)8-4-2-1-3-5-8/h1-5H,6-7H2,(H,12,13). The molecule has 0 aromatic heterocycles. The number of hydrogen-bond acceptors (Lipinski definition) is 2. The maximum Gasteiger partial charge on any atom is 0.230 e. The molecule has 1 aromatic rings. The fourth-order valence-electron chi connectivity index (χ4n) is 1.03. The second-order valence-electron chi connectivity index (χ2n) is 2.87. The van der Waals surface area contributed by atoms with E-state index in [1.54, 1.807) is 30.3 Å². The first kappa shape index (κ1) is 11.4. The lowest BCUT2D eigenvalue weighted by Crippen LogP contribution is -2.07. The van der Waals surface area contributed by atoms with Crippen LogP contribution in [0.25, 0.3) is 0 Å². The molecule has 0 fully saturated rings. The van der Waals surface area contributed by atoms with E-state index in [1.165, 1.54) is 0 Å². The normalized spacial score (nSPS) is 14.7. The number of hydrogen-bond donors (Lipinski definition) is 1. The molecule has 0 amide bonds. The molecule has 0 saturated heterocycles. The van der Waals surface area contributed by atoms with E-state index in [2.05, 4.69) is 0 Å². The SMILES string of the molecule is O=C(Cl)CCP(=O)(O)c1ccccc1. The van der Waals surface area contributed by atoms with Crippen LogP contribution in [0.15, 0.2) is 30.3 Å². The minimum absolute atomic E-state index is 0.0791. The van der Waals surface area contributed by atoms with Crippen LogP contribution in [0, 0.1) is 0 Å². The van der Waals surface area contributed by atoms with Crippen LogP contribution in [0.5, 0.6) is 0 Å². The molecule has 3 nitrogen and oxygen atoms in total. The lowest BCUT2D eigenvalue weighted by atomic mass is 10.4. The molecular weight excluding hydrogens is 223 g/mol. The lowest BCUT2D eigenvalue weighted by Gasteiger charge is -2.09. The van der Waals surface area contributed by atoms with Gasteiger partial charge in [0.1, 0.15) is 0 Å². The summed E-state index contributed by atoms with van der Waals surface area (Å²) in [6, 6.07) is 8.26. The summed E-state index contributed by atoms with van der Waals surface area (Å²) in [6.07, 6.45) is -0.177. The molecule has 1 N–H and O–H groups in total. The van der Waals surface area contributed by atoms with Crippen molar-refractivity contribution in [3.05, 3.63) is 30.3 Å². The van der Waals surface area contributed by atoms with Gasteiger partial charge in [0.05, 0.1) is 0 Å². The number of rotatable bonds is 4. The van der Waals surface area contributed by atoms with Crippen LogP contribution in [0.2, 0.25) is 0 Å². The van der Waals surface area contributed by atoms with E-state index in [0.29, 0.717) is 5.30 Å². The second kappa shape index (κ2) is 4.74. The van der Waals surface area contributed by atoms with Crippen molar-refractivity contribution >= 4 is 29.5 Å². The van der Waals surface area contributed by atoms with E-state index in [1.807, 2.05) is 0 Å². The van der Waals surface area contributed by atoms with Crippen molar-refractivity contribution in [2.45, 2.75) is 6.42 Å². The van der Waals surface area contributed by atoms with Crippen molar-refractivity contribution in [3.63, 3.8) is 0 Å². The van der Waals surface area contributed by atoms with Gasteiger partial charge in [-0.2, -0.15) is 0 Å². The Bertz CT molecular complexity index is 364. The topological polar surface area (TPSA) is 54.4 Å². The summed E-state index contributed by atoms with van der Waals surface area (Å²) in [5.74, 6) is 0. The van der Waals surface area contributed by atoms with Crippen molar-refractivity contribution < 1.29 is 14.3 Å². The van der Waals surface area contributed by atoms with Crippen LogP contribution in [0.4, 0.5) is 0 Å². The molecule has 1 unspecified atom stereocenters. The van der Waals surface area contributed by atoms with Crippen molar-refractivity contribution in [1.29, 1.82) is 0 Å². The van der Waals surface area contributed by atoms with Crippen molar-refractivity contribution in [3.8, 4) is 0 Å². The third kappa shape index (κ3) is 3.26. The number of benzene rings is 1. The molecule has 1 rings (SSSR count). The van der Waals surface area contributed by atoms with Gasteiger partial charge in [0.2, 0.25) is 12.6 Å². The zero-order valence-electron chi connectivity index (χ0n) is 7.39. The Morgan fingerprint density at radius 3 is 2.43 bits per heavy atom. The van der Waals surface area contributed by atoms with Gasteiger partial charge < -0.3 is 4.89 Å². The highest BCUT2D eigenvalue weighted by Crippen LogP contribution is 2.39. The third-order valence-corrected chi connectivity index (χ3v) is 3.89. The smallest absolute Gasteiger partial charge is 0.230 e. The van der Waals surface area contributed by atoms with Crippen molar-refractivity contribution in [2.75, 3.05) is 6.16 Å². The van der Waals surface area contributed by atoms with Gasteiger partial charge in [-0.25, -0.2) is 0 Å². The minimum atomic E-state index is -3.40. The average Bonchev–Trinajstić information content (AvgIpc) is 2.16. The summed E-state index contributed by atoms with van der Waals surface area (Å²) >= 11 is 5.10. The van der Waals surface area contributed by atoms with Crippen LogP contribution >= 0.6 is 19.0 Å². The molecule has 1 atom stereocenters. The van der Waals surface area contributed by atoms with Crippen molar-refractivity contribution in [2.24, 2.45) is 0 Å². The van der Waals surface area contributed by atoms with Crippen LogP contribution in [0.3, 0.4) is 0 Å². The molecule has 0 saturated carbocycles. The Morgan fingerprint density at radius 2 is 1.93 bits per heavy atom. The van der Waals surface area contributed by atoms with Gasteiger partial charge in [-0.05, 0) is 23.7 Å². The lowest BCUT2D eigenvalue weighted by molar-refractivity contribution is -0.111. The maximum atomic E-state index is 11.7. The summed E-state index contributed by atoms with van der Waals surface area (Å²) in [5.41, 5.74) is 0. The molecule has 0 heterocycles. The molecule has 0 spiro atoms. The summed E-state index contributed by atoms with van der Waals surface area (Å²) in [4.78, 5) is 20.0. The van der Waals surface area contributed by atoms with E-state index < -0.39 is 12.6 Å². The van der Waals surface area contributed by atoms with Gasteiger partial charge >= 0.3 is 0 Å². The Balaban J connectivity index is 2.76. The van der Waals surface area contributed by atoms with Gasteiger partial charge in [0.15, 0.2) is 0 Å². The van der Waals surface area contributed by atoms with Crippen LogP contribution in [-0.4, -0.2) is 16.3 Å². The van der Waals surface area contributed by atoms with E-state index in [4.69, 9.17) is 11.6 Å². The van der Waals surface area contributed by atoms with Gasteiger partial charge in [-0.15, -0.1) is 0 Å². The Morgan fingerprint density at radius 1 is 1.36 bits per heavy atom. The van der Waals surface area contributed by atoms with Crippen molar-refractivity contribution in [1.82, 2.24) is 0 Å². The summed E-state index contributed by atoms with van der Waals surface area (Å²) in [7, 11) is -3.40. The van der Waals surface area contributed by atoms with E-state index in [-0.39, 0.29) is 12.6 Å². The Kier molecular flexibility index (Phi) is 3.87. The van der Waals surface area contributed by atoms with Gasteiger partial charge in [-0.3, -0.25) is 9.36 Å². The fourth-order valence-corrected chi connectivity index (χ4v) is 2.66. The molecule has 5 heteroatoms. The monoisotopic (exact) mass is 232 g/mol. The zero-order valence-corrected chi connectivity index (χ0v) is 9.04. The maximum absolute atomic E-state index is 11.7. The third-order valence-electron chi connectivity index (χ3n) is 1.77. The van der Waals surface area contributed by atoms with Crippen LogP contribution < -0.4 is 5.30 Å². The van der Waals surface area contributed by atoms with Gasteiger partial charge in [0.25, 0.3) is 0 Å². The molecule has 1 aromatic carbocycles. The van der Waals surface area contributed by atoms with Gasteiger partial charge in [0, 0.05) is 17.9 Å². The fraction of sp³-hybridized carbons (Fsp3) is 0.222. The average molecular weight is 233 g/mol. The molecule has 76 valence electrons. The molecule has 0 aliphatic heterocycles. The largest absolute Gasteiger partial charge is 0.341 e. The summed E-state index contributed by atoms with van der Waals surface area (Å²) in [6.45, 7) is 0. The molecule has 0 bridgehead atoms. The molecular formula is C9H10ClO3P. The molecule has 14 heavy (non-hydrogen) atoms. The minimum Gasteiger partial charge on any atom is -0.341 e. The quantitative estimate of drug-likeness (QED) is 0.636. The highest BCUT2D eigenvalue weighted by atomic mass is 35.5. The first-order chi connectivity index (χ1) is 6.52. The predicted octanol–water partition coefficient (Wildman–Crippen LogP) is 1.74. The van der Waals surface area contributed by atoms with E-state index in [0.717, 1.165) is 0 Å². The number of carbonyl (C=O) groups is 1. The van der Waals surface area contributed by atoms with E-state index >= 15 is 0 Å². The molecule has 0 radical (unpaired) electrons. The Hall–Kier alpha value is -0.630. The summed E-state index contributed by atoms with van der Waals surface area (Å²) < 4.78 is 11.7. The van der Waals surface area contributed by atoms with Crippen LogP contribution in [-0.2, 0) is 9.36 Å². The Labute approximate surface area is 87.2 Å². The highest BCUT2D eigenvalue weighted by molar-refractivity contribution is 7.66.